The molecule has 0 aliphatic carbocycles. The second-order valence-electron chi connectivity index (χ2n) is 10.2. The van der Waals surface area contributed by atoms with Crippen molar-refractivity contribution in [3.05, 3.63) is 36.3 Å². The zero-order valence-electron chi connectivity index (χ0n) is 21.7. The van der Waals surface area contributed by atoms with Gasteiger partial charge in [0.05, 0.1) is 12.8 Å². The van der Waals surface area contributed by atoms with Gasteiger partial charge < -0.3 is 19.2 Å². The summed E-state index contributed by atoms with van der Waals surface area (Å²) < 4.78 is 7.82. The minimum Gasteiger partial charge on any atom is -0.468 e. The second-order valence-corrected chi connectivity index (χ2v) is 10.2. The molecule has 2 aliphatic rings. The van der Waals surface area contributed by atoms with Gasteiger partial charge in [-0.25, -0.2) is 15.0 Å². The molecule has 194 valence electrons. The Hall–Kier alpha value is -2.94. The predicted molar refractivity (Wildman–Crippen MR) is 140 cm³/mol. The predicted octanol–water partition coefficient (Wildman–Crippen LogP) is 3.78. The average molecular weight is 494 g/mol. The molecule has 1 amide bonds. The summed E-state index contributed by atoms with van der Waals surface area (Å²) in [5, 5.41) is 3.19. The van der Waals surface area contributed by atoms with Gasteiger partial charge in [-0.3, -0.25) is 9.69 Å². The molecule has 5 rings (SSSR count). The number of amides is 1. The molecular weight excluding hydrogens is 454 g/mol. The third-order valence-corrected chi connectivity index (χ3v) is 7.89. The van der Waals surface area contributed by atoms with E-state index in [0.29, 0.717) is 12.6 Å². The summed E-state index contributed by atoms with van der Waals surface area (Å²) in [6, 6.07) is 4.36. The van der Waals surface area contributed by atoms with E-state index >= 15 is 0 Å². The summed E-state index contributed by atoms with van der Waals surface area (Å²) in [4.78, 5) is 31.7. The molecule has 9 heteroatoms. The molecule has 0 bridgehead atoms. The summed E-state index contributed by atoms with van der Waals surface area (Å²) in [5.74, 6) is 3.22. The normalized spacial score (nSPS) is 17.8. The Balaban J connectivity index is 1.15. The van der Waals surface area contributed by atoms with Gasteiger partial charge in [0.2, 0.25) is 5.91 Å². The van der Waals surface area contributed by atoms with E-state index in [1.54, 1.807) is 12.6 Å². The largest absolute Gasteiger partial charge is 0.468 e. The molecule has 3 aromatic rings. The molecule has 0 spiro atoms. The quantitative estimate of drug-likeness (QED) is 0.485. The molecule has 2 aliphatic heterocycles. The SMILES string of the molecule is CC[C@@H](C)N(CCNC(=O)C1CCN(c2ncnc3c2nc2n3CCCCC2)CC1)Cc1ccco1. The molecular formula is C27H39N7O2. The number of rotatable bonds is 9. The summed E-state index contributed by atoms with van der Waals surface area (Å²) >= 11 is 0. The maximum atomic E-state index is 12.9. The molecule has 1 N–H and O–H groups in total. The number of aromatic nitrogens is 4. The van der Waals surface area contributed by atoms with Crippen molar-refractivity contribution in [2.75, 3.05) is 31.1 Å². The number of carbonyl (C=O) groups is 1. The minimum absolute atomic E-state index is 0.0411. The van der Waals surface area contributed by atoms with E-state index in [9.17, 15) is 4.79 Å². The van der Waals surface area contributed by atoms with Gasteiger partial charge >= 0.3 is 0 Å². The lowest BCUT2D eigenvalue weighted by atomic mass is 9.96. The highest BCUT2D eigenvalue weighted by molar-refractivity contribution is 5.84. The zero-order chi connectivity index (χ0) is 24.9. The molecule has 0 aromatic carbocycles. The number of aryl methyl sites for hydroxylation is 2. The number of hydrogen-bond acceptors (Lipinski definition) is 7. The van der Waals surface area contributed by atoms with E-state index < -0.39 is 0 Å². The van der Waals surface area contributed by atoms with E-state index in [2.05, 4.69) is 43.5 Å². The minimum atomic E-state index is 0.0411. The van der Waals surface area contributed by atoms with Gasteiger partial charge in [-0.1, -0.05) is 13.3 Å². The Morgan fingerprint density at radius 1 is 1.22 bits per heavy atom. The van der Waals surface area contributed by atoms with Gasteiger partial charge in [0.1, 0.15) is 17.9 Å². The van der Waals surface area contributed by atoms with Crippen molar-refractivity contribution in [1.82, 2.24) is 29.7 Å². The maximum Gasteiger partial charge on any atom is 0.223 e. The van der Waals surface area contributed by atoms with Crippen LogP contribution in [0.3, 0.4) is 0 Å². The van der Waals surface area contributed by atoms with Crippen molar-refractivity contribution in [3.8, 4) is 0 Å². The van der Waals surface area contributed by atoms with Crippen LogP contribution in [0.4, 0.5) is 5.82 Å². The van der Waals surface area contributed by atoms with Crippen LogP contribution in [-0.4, -0.2) is 62.5 Å². The number of nitrogens with zero attached hydrogens (tertiary/aromatic N) is 6. The molecule has 36 heavy (non-hydrogen) atoms. The molecule has 3 aromatic heterocycles. The molecule has 0 radical (unpaired) electrons. The van der Waals surface area contributed by atoms with E-state index in [0.717, 1.165) is 87.0 Å². The number of carbonyl (C=O) groups excluding carboxylic acids is 1. The molecule has 1 atom stereocenters. The van der Waals surface area contributed by atoms with Crippen molar-refractivity contribution >= 4 is 22.9 Å². The van der Waals surface area contributed by atoms with Crippen LogP contribution in [0, 0.1) is 5.92 Å². The Morgan fingerprint density at radius 2 is 2.08 bits per heavy atom. The van der Waals surface area contributed by atoms with Crippen LogP contribution in [0.25, 0.3) is 11.2 Å². The number of hydrogen-bond donors (Lipinski definition) is 1. The molecule has 0 unspecified atom stereocenters. The van der Waals surface area contributed by atoms with Crippen molar-refractivity contribution in [2.45, 2.75) is 77.9 Å². The third kappa shape index (κ3) is 5.40. The van der Waals surface area contributed by atoms with Gasteiger partial charge in [-0.05, 0) is 51.2 Å². The first kappa shape index (κ1) is 24.7. The highest BCUT2D eigenvalue weighted by atomic mass is 16.3. The zero-order valence-corrected chi connectivity index (χ0v) is 21.7. The van der Waals surface area contributed by atoms with Crippen LogP contribution in [0.5, 0.6) is 0 Å². The summed E-state index contributed by atoms with van der Waals surface area (Å²) in [6.45, 7) is 9.25. The smallest absolute Gasteiger partial charge is 0.223 e. The first-order valence-electron chi connectivity index (χ1n) is 13.6. The van der Waals surface area contributed by atoms with Gasteiger partial charge in [0.15, 0.2) is 17.0 Å². The number of fused-ring (bicyclic) bond motifs is 3. The maximum absolute atomic E-state index is 12.9. The molecule has 1 fully saturated rings. The summed E-state index contributed by atoms with van der Waals surface area (Å²) in [7, 11) is 0. The first-order chi connectivity index (χ1) is 17.6. The fraction of sp³-hybridized carbons (Fsp3) is 0.630. The lowest BCUT2D eigenvalue weighted by Crippen LogP contribution is -2.44. The van der Waals surface area contributed by atoms with Gasteiger partial charge in [-0.15, -0.1) is 0 Å². The van der Waals surface area contributed by atoms with E-state index in [-0.39, 0.29) is 11.8 Å². The molecule has 9 nitrogen and oxygen atoms in total. The topological polar surface area (TPSA) is 92.3 Å². The highest BCUT2D eigenvalue weighted by Crippen LogP contribution is 2.29. The van der Waals surface area contributed by atoms with Crippen LogP contribution in [0.2, 0.25) is 0 Å². The monoisotopic (exact) mass is 493 g/mol. The summed E-state index contributed by atoms with van der Waals surface area (Å²) in [5.41, 5.74) is 1.87. The molecule has 0 saturated carbocycles. The molecule has 1 saturated heterocycles. The standard InChI is InChI=1S/C27H39N7O2/c1-3-20(2)33(18-22-8-7-17-36-22)16-12-28-27(35)21-10-14-32(15-11-21)25-24-26(30-19-29-25)34-13-6-4-5-9-23(34)31-24/h7-8,17,19-21H,3-6,9-16,18H2,1-2H3,(H,28,35)/t20-/m1/s1. The highest BCUT2D eigenvalue weighted by Gasteiger charge is 2.28. The number of nitrogens with one attached hydrogen (secondary N) is 1. The van der Waals surface area contributed by atoms with E-state index in [1.807, 2.05) is 12.1 Å². The molecule has 5 heterocycles. The van der Waals surface area contributed by atoms with Crippen LogP contribution < -0.4 is 10.2 Å². The van der Waals surface area contributed by atoms with Crippen LogP contribution >= 0.6 is 0 Å². The second kappa shape index (κ2) is 11.4. The fourth-order valence-electron chi connectivity index (χ4n) is 5.49. The van der Waals surface area contributed by atoms with E-state index in [1.165, 1.54) is 19.3 Å². The van der Waals surface area contributed by atoms with Crippen molar-refractivity contribution in [2.24, 2.45) is 5.92 Å². The van der Waals surface area contributed by atoms with Crippen molar-refractivity contribution < 1.29 is 9.21 Å². The average Bonchev–Trinajstić information content (AvgIpc) is 3.48. The Kier molecular flexibility index (Phi) is 7.84. The Labute approximate surface area is 213 Å². The Bertz CT molecular complexity index is 1130. The Morgan fingerprint density at radius 3 is 2.86 bits per heavy atom. The number of furan rings is 1. The van der Waals surface area contributed by atoms with Crippen LogP contribution in [0.1, 0.15) is 64.0 Å². The fourth-order valence-corrected chi connectivity index (χ4v) is 5.49. The van der Waals surface area contributed by atoms with Crippen LogP contribution in [0.15, 0.2) is 29.1 Å². The first-order valence-corrected chi connectivity index (χ1v) is 13.6. The van der Waals surface area contributed by atoms with E-state index in [4.69, 9.17) is 9.40 Å². The van der Waals surface area contributed by atoms with Gasteiger partial charge in [-0.2, -0.15) is 0 Å². The van der Waals surface area contributed by atoms with Gasteiger partial charge in [0.25, 0.3) is 0 Å². The summed E-state index contributed by atoms with van der Waals surface area (Å²) in [6.07, 6.45) is 10.7. The third-order valence-electron chi connectivity index (χ3n) is 7.89. The van der Waals surface area contributed by atoms with Crippen molar-refractivity contribution in [3.63, 3.8) is 0 Å². The van der Waals surface area contributed by atoms with Crippen molar-refractivity contribution in [1.29, 1.82) is 0 Å². The lowest BCUT2D eigenvalue weighted by molar-refractivity contribution is -0.125. The number of anilines is 1. The number of imidazole rings is 1. The van der Waals surface area contributed by atoms with Crippen LogP contribution in [-0.2, 0) is 24.3 Å². The number of piperidine rings is 1. The van der Waals surface area contributed by atoms with Gasteiger partial charge in [0, 0.05) is 51.1 Å². The lowest BCUT2D eigenvalue weighted by Gasteiger charge is -2.32.